The van der Waals surface area contributed by atoms with Gasteiger partial charge in [0.05, 0.1) is 5.92 Å². The maximum absolute atomic E-state index is 12.9. The van der Waals surface area contributed by atoms with Crippen LogP contribution < -0.4 is 10.2 Å². The first-order valence-electron chi connectivity index (χ1n) is 9.90. The van der Waals surface area contributed by atoms with Crippen molar-refractivity contribution in [3.63, 3.8) is 0 Å². The van der Waals surface area contributed by atoms with E-state index in [-0.39, 0.29) is 17.7 Å². The minimum absolute atomic E-state index is 0.0733. The number of benzene rings is 1. The van der Waals surface area contributed by atoms with Gasteiger partial charge in [0.2, 0.25) is 11.8 Å². The minimum Gasteiger partial charge on any atom is -0.342 e. The van der Waals surface area contributed by atoms with E-state index in [0.717, 1.165) is 38.0 Å². The number of para-hydroxylation sites is 1. The molecule has 1 N–H and O–H groups in total. The summed E-state index contributed by atoms with van der Waals surface area (Å²) in [5.74, 6) is 0.411. The molecule has 3 rings (SSSR count). The van der Waals surface area contributed by atoms with E-state index in [9.17, 15) is 9.59 Å². The Morgan fingerprint density at radius 3 is 2.62 bits per heavy atom. The molecule has 1 aromatic carbocycles. The first-order valence-corrected chi connectivity index (χ1v) is 9.90. The Bertz CT molecular complexity index is 652. The SMILES string of the molecule is CCC(C)c1ccccc1N1CC(C(=O)N2CCC(NC)CC2)CC1=O. The van der Waals surface area contributed by atoms with E-state index in [1.54, 1.807) is 0 Å². The standard InChI is InChI=1S/C21H31N3O2/c1-4-15(2)18-7-5-6-8-19(18)24-14-16(13-20(24)25)21(26)23-11-9-17(22-3)10-12-23/h5-8,15-17,22H,4,9-14H2,1-3H3. The Kier molecular flexibility index (Phi) is 5.97. The molecule has 0 bridgehead atoms. The molecular weight excluding hydrogens is 326 g/mol. The highest BCUT2D eigenvalue weighted by molar-refractivity contribution is 6.00. The number of anilines is 1. The predicted molar refractivity (Wildman–Crippen MR) is 104 cm³/mol. The largest absolute Gasteiger partial charge is 0.342 e. The molecule has 0 saturated carbocycles. The maximum atomic E-state index is 12.9. The molecule has 2 amide bonds. The van der Waals surface area contributed by atoms with Gasteiger partial charge in [0.25, 0.3) is 0 Å². The number of nitrogens with one attached hydrogen (secondary N) is 1. The van der Waals surface area contributed by atoms with Crippen LogP contribution in [-0.2, 0) is 9.59 Å². The van der Waals surface area contributed by atoms with Gasteiger partial charge >= 0.3 is 0 Å². The number of carbonyl (C=O) groups excluding carboxylic acids is 2. The third-order valence-corrected chi connectivity index (χ3v) is 6.06. The van der Waals surface area contributed by atoms with Gasteiger partial charge in [-0.3, -0.25) is 9.59 Å². The third kappa shape index (κ3) is 3.78. The van der Waals surface area contributed by atoms with Gasteiger partial charge in [-0.2, -0.15) is 0 Å². The first kappa shape index (κ1) is 18.9. The summed E-state index contributed by atoms with van der Waals surface area (Å²) < 4.78 is 0. The topological polar surface area (TPSA) is 52.7 Å². The highest BCUT2D eigenvalue weighted by atomic mass is 16.2. The average Bonchev–Trinajstić information content (AvgIpc) is 3.08. The summed E-state index contributed by atoms with van der Waals surface area (Å²) >= 11 is 0. The zero-order valence-electron chi connectivity index (χ0n) is 16.2. The van der Waals surface area contributed by atoms with Crippen LogP contribution in [0.1, 0.15) is 51.0 Å². The van der Waals surface area contributed by atoms with E-state index in [1.807, 2.05) is 35.0 Å². The summed E-state index contributed by atoms with van der Waals surface area (Å²) in [5.41, 5.74) is 2.18. The van der Waals surface area contributed by atoms with Gasteiger partial charge in [-0.05, 0) is 43.9 Å². The molecule has 142 valence electrons. The number of piperidine rings is 1. The van der Waals surface area contributed by atoms with E-state index in [1.165, 1.54) is 5.56 Å². The van der Waals surface area contributed by atoms with Crippen LogP contribution in [0.3, 0.4) is 0 Å². The Balaban J connectivity index is 1.71. The van der Waals surface area contributed by atoms with Crippen molar-refractivity contribution in [2.24, 2.45) is 5.92 Å². The Morgan fingerprint density at radius 2 is 1.96 bits per heavy atom. The Hall–Kier alpha value is -1.88. The molecule has 5 heteroatoms. The Labute approximate surface area is 156 Å². The molecule has 0 radical (unpaired) electrons. The van der Waals surface area contributed by atoms with Crippen LogP contribution in [-0.4, -0.2) is 49.4 Å². The van der Waals surface area contributed by atoms with Crippen molar-refractivity contribution in [2.75, 3.05) is 31.6 Å². The van der Waals surface area contributed by atoms with Crippen LogP contribution >= 0.6 is 0 Å². The summed E-state index contributed by atoms with van der Waals surface area (Å²) in [6.07, 6.45) is 3.34. The summed E-state index contributed by atoms with van der Waals surface area (Å²) in [5, 5.41) is 3.29. The average molecular weight is 357 g/mol. The van der Waals surface area contributed by atoms with Crippen molar-refractivity contribution >= 4 is 17.5 Å². The number of amides is 2. The van der Waals surface area contributed by atoms with Crippen LogP contribution in [0, 0.1) is 5.92 Å². The molecule has 0 spiro atoms. The van der Waals surface area contributed by atoms with Crippen molar-refractivity contribution in [1.29, 1.82) is 0 Å². The molecule has 1 aromatic rings. The van der Waals surface area contributed by atoms with Crippen molar-refractivity contribution in [3.8, 4) is 0 Å². The molecule has 2 heterocycles. The van der Waals surface area contributed by atoms with Gasteiger partial charge in [0.15, 0.2) is 0 Å². The summed E-state index contributed by atoms with van der Waals surface area (Å²) in [4.78, 5) is 29.4. The van der Waals surface area contributed by atoms with Crippen molar-refractivity contribution in [3.05, 3.63) is 29.8 Å². The zero-order chi connectivity index (χ0) is 18.7. The highest BCUT2D eigenvalue weighted by Crippen LogP contribution is 2.34. The van der Waals surface area contributed by atoms with Crippen LogP contribution in [0.5, 0.6) is 0 Å². The van der Waals surface area contributed by atoms with Crippen molar-refractivity contribution in [2.45, 2.75) is 51.5 Å². The van der Waals surface area contributed by atoms with Crippen LogP contribution in [0.15, 0.2) is 24.3 Å². The lowest BCUT2D eigenvalue weighted by Crippen LogP contribution is -2.46. The van der Waals surface area contributed by atoms with Gasteiger partial charge in [-0.1, -0.05) is 32.0 Å². The van der Waals surface area contributed by atoms with Gasteiger partial charge in [0, 0.05) is 37.8 Å². The highest BCUT2D eigenvalue weighted by Gasteiger charge is 2.38. The smallest absolute Gasteiger partial charge is 0.228 e. The van der Waals surface area contributed by atoms with Gasteiger partial charge in [-0.15, -0.1) is 0 Å². The van der Waals surface area contributed by atoms with Crippen LogP contribution in [0.2, 0.25) is 0 Å². The van der Waals surface area contributed by atoms with Crippen molar-refractivity contribution < 1.29 is 9.59 Å². The molecular formula is C21H31N3O2. The zero-order valence-corrected chi connectivity index (χ0v) is 16.2. The fourth-order valence-corrected chi connectivity index (χ4v) is 4.12. The van der Waals surface area contributed by atoms with E-state index in [4.69, 9.17) is 0 Å². The second kappa shape index (κ2) is 8.21. The molecule has 5 nitrogen and oxygen atoms in total. The first-order chi connectivity index (χ1) is 12.5. The molecule has 2 atom stereocenters. The lowest BCUT2D eigenvalue weighted by atomic mass is 9.96. The molecule has 0 aliphatic carbocycles. The van der Waals surface area contributed by atoms with E-state index in [2.05, 4.69) is 25.2 Å². The maximum Gasteiger partial charge on any atom is 0.228 e. The molecule has 2 aliphatic rings. The monoisotopic (exact) mass is 357 g/mol. The second-order valence-electron chi connectivity index (χ2n) is 7.66. The lowest BCUT2D eigenvalue weighted by Gasteiger charge is -2.33. The summed E-state index contributed by atoms with van der Waals surface area (Å²) in [7, 11) is 1.98. The number of carbonyl (C=O) groups is 2. The van der Waals surface area contributed by atoms with E-state index < -0.39 is 0 Å². The van der Waals surface area contributed by atoms with E-state index in [0.29, 0.717) is 24.9 Å². The molecule has 0 aromatic heterocycles. The van der Waals surface area contributed by atoms with Gasteiger partial charge < -0.3 is 15.1 Å². The van der Waals surface area contributed by atoms with Crippen LogP contribution in [0.4, 0.5) is 5.69 Å². The Morgan fingerprint density at radius 1 is 1.27 bits per heavy atom. The molecule has 26 heavy (non-hydrogen) atoms. The number of rotatable bonds is 5. The number of hydrogen-bond acceptors (Lipinski definition) is 3. The summed E-state index contributed by atoms with van der Waals surface area (Å²) in [6, 6.07) is 8.63. The normalized spacial score (nSPS) is 22.7. The van der Waals surface area contributed by atoms with Crippen molar-refractivity contribution in [1.82, 2.24) is 10.2 Å². The third-order valence-electron chi connectivity index (χ3n) is 6.06. The fourth-order valence-electron chi connectivity index (χ4n) is 4.12. The second-order valence-corrected chi connectivity index (χ2v) is 7.66. The van der Waals surface area contributed by atoms with Gasteiger partial charge in [-0.25, -0.2) is 0 Å². The molecule has 2 unspecified atom stereocenters. The summed E-state index contributed by atoms with van der Waals surface area (Å²) in [6.45, 7) is 6.44. The molecule has 2 saturated heterocycles. The van der Waals surface area contributed by atoms with Crippen LogP contribution in [0.25, 0.3) is 0 Å². The molecule has 2 fully saturated rings. The van der Waals surface area contributed by atoms with Gasteiger partial charge in [0.1, 0.15) is 0 Å². The number of hydrogen-bond donors (Lipinski definition) is 1. The predicted octanol–water partition coefficient (Wildman–Crippen LogP) is 2.76. The molecule has 2 aliphatic heterocycles. The lowest BCUT2D eigenvalue weighted by molar-refractivity contribution is -0.136. The number of likely N-dealkylation sites (tertiary alicyclic amines) is 1. The number of nitrogens with zero attached hydrogens (tertiary/aromatic N) is 2. The fraction of sp³-hybridized carbons (Fsp3) is 0.619. The quantitative estimate of drug-likeness (QED) is 0.882. The minimum atomic E-state index is -0.210. The van der Waals surface area contributed by atoms with E-state index >= 15 is 0 Å².